The van der Waals surface area contributed by atoms with E-state index in [1.54, 1.807) is 0 Å². The molecule has 0 nitrogen and oxygen atoms in total. The maximum absolute atomic E-state index is 3.32. The molecule has 0 bridgehead atoms. The summed E-state index contributed by atoms with van der Waals surface area (Å²) in [6.07, 6.45) is 1.16. The van der Waals surface area contributed by atoms with Crippen molar-refractivity contribution < 1.29 is 0 Å². The molecule has 0 saturated heterocycles. The largest absolute Gasteiger partial charge is 0.0625 e. The summed E-state index contributed by atoms with van der Waals surface area (Å²) in [5, 5.41) is 0. The third-order valence-electron chi connectivity index (χ3n) is 2.32. The second-order valence-corrected chi connectivity index (χ2v) is 5.46. The standard InChI is InChI=1S/C14H21/c1-11(2)9-12-7-6-8-13(10-12)14(3,4)5/h6-7,10-11H,9H2,1-5H3. The summed E-state index contributed by atoms with van der Waals surface area (Å²) in [6, 6.07) is 9.84. The van der Waals surface area contributed by atoms with Gasteiger partial charge in [0, 0.05) is 0 Å². The minimum absolute atomic E-state index is 0.215. The van der Waals surface area contributed by atoms with Crippen LogP contribution in [0.4, 0.5) is 0 Å². The minimum Gasteiger partial charge on any atom is -0.0625 e. The van der Waals surface area contributed by atoms with Gasteiger partial charge in [-0.1, -0.05) is 52.8 Å². The first kappa shape index (κ1) is 11.3. The molecule has 0 saturated carbocycles. The van der Waals surface area contributed by atoms with Crippen molar-refractivity contribution in [2.45, 2.75) is 46.5 Å². The quantitative estimate of drug-likeness (QED) is 0.660. The summed E-state index contributed by atoms with van der Waals surface area (Å²) in [6.45, 7) is 11.2. The van der Waals surface area contributed by atoms with E-state index in [9.17, 15) is 0 Å². The van der Waals surface area contributed by atoms with E-state index in [-0.39, 0.29) is 5.41 Å². The van der Waals surface area contributed by atoms with Crippen molar-refractivity contribution >= 4 is 0 Å². The molecule has 14 heavy (non-hydrogen) atoms. The predicted molar refractivity (Wildman–Crippen MR) is 62.5 cm³/mol. The van der Waals surface area contributed by atoms with Crippen LogP contribution in [-0.2, 0) is 11.8 Å². The van der Waals surface area contributed by atoms with Crippen LogP contribution in [0, 0.1) is 12.0 Å². The topological polar surface area (TPSA) is 0 Å². The number of rotatable bonds is 2. The summed E-state index contributed by atoms with van der Waals surface area (Å²) < 4.78 is 0. The molecule has 1 aromatic rings. The van der Waals surface area contributed by atoms with Gasteiger partial charge in [0.2, 0.25) is 0 Å². The Balaban J connectivity index is 2.90. The summed E-state index contributed by atoms with van der Waals surface area (Å²) in [4.78, 5) is 0. The van der Waals surface area contributed by atoms with E-state index in [0.717, 1.165) is 12.3 Å². The average molecular weight is 189 g/mol. The Bertz CT molecular complexity index is 289. The highest BCUT2D eigenvalue weighted by molar-refractivity contribution is 5.27. The van der Waals surface area contributed by atoms with Gasteiger partial charge in [0.25, 0.3) is 0 Å². The van der Waals surface area contributed by atoms with Gasteiger partial charge < -0.3 is 0 Å². The van der Waals surface area contributed by atoms with Crippen LogP contribution in [0.3, 0.4) is 0 Å². The van der Waals surface area contributed by atoms with Crippen LogP contribution in [0.2, 0.25) is 0 Å². The molecule has 0 aliphatic carbocycles. The minimum atomic E-state index is 0.215. The van der Waals surface area contributed by atoms with Gasteiger partial charge in [0.05, 0.1) is 0 Å². The first-order chi connectivity index (χ1) is 6.39. The Morgan fingerprint density at radius 2 is 1.93 bits per heavy atom. The van der Waals surface area contributed by atoms with Gasteiger partial charge in [-0.3, -0.25) is 0 Å². The molecule has 0 amide bonds. The molecule has 0 atom stereocenters. The lowest BCUT2D eigenvalue weighted by Crippen LogP contribution is -2.11. The molecule has 0 heterocycles. The Morgan fingerprint density at radius 1 is 1.29 bits per heavy atom. The number of benzene rings is 1. The van der Waals surface area contributed by atoms with Crippen molar-refractivity contribution in [3.8, 4) is 0 Å². The molecule has 0 unspecified atom stereocenters. The van der Waals surface area contributed by atoms with Gasteiger partial charge in [-0.15, -0.1) is 0 Å². The second-order valence-electron chi connectivity index (χ2n) is 5.46. The van der Waals surface area contributed by atoms with E-state index in [2.05, 4.69) is 58.9 Å². The molecule has 0 fully saturated rings. The van der Waals surface area contributed by atoms with Crippen LogP contribution < -0.4 is 0 Å². The molecule has 0 N–H and O–H groups in total. The van der Waals surface area contributed by atoms with E-state index in [1.165, 1.54) is 11.1 Å². The van der Waals surface area contributed by atoms with E-state index < -0.39 is 0 Å². The van der Waals surface area contributed by atoms with Crippen LogP contribution in [0.1, 0.15) is 45.7 Å². The van der Waals surface area contributed by atoms with Gasteiger partial charge in [0.15, 0.2) is 0 Å². The fourth-order valence-corrected chi connectivity index (χ4v) is 1.55. The zero-order valence-electron chi connectivity index (χ0n) is 10.0. The van der Waals surface area contributed by atoms with Gasteiger partial charge in [-0.05, 0) is 34.9 Å². The fourth-order valence-electron chi connectivity index (χ4n) is 1.55. The van der Waals surface area contributed by atoms with E-state index in [1.807, 2.05) is 0 Å². The zero-order valence-corrected chi connectivity index (χ0v) is 10.0. The third kappa shape index (κ3) is 3.17. The van der Waals surface area contributed by atoms with Crippen LogP contribution in [0.15, 0.2) is 18.2 Å². The third-order valence-corrected chi connectivity index (χ3v) is 2.32. The Labute approximate surface area is 88.4 Å². The van der Waals surface area contributed by atoms with E-state index in [0.29, 0.717) is 0 Å². The molecule has 77 valence electrons. The number of hydrogen-bond donors (Lipinski definition) is 0. The lowest BCUT2D eigenvalue weighted by Gasteiger charge is -2.19. The summed E-state index contributed by atoms with van der Waals surface area (Å²) in [5.74, 6) is 0.727. The van der Waals surface area contributed by atoms with Crippen LogP contribution in [-0.4, -0.2) is 0 Å². The first-order valence-electron chi connectivity index (χ1n) is 5.40. The molecule has 1 radical (unpaired) electrons. The van der Waals surface area contributed by atoms with Gasteiger partial charge in [-0.25, -0.2) is 0 Å². The van der Waals surface area contributed by atoms with Gasteiger partial charge in [0.1, 0.15) is 0 Å². The molecule has 0 aromatic heterocycles. The van der Waals surface area contributed by atoms with Gasteiger partial charge in [-0.2, -0.15) is 0 Å². The normalized spacial score (nSPS) is 12.1. The van der Waals surface area contributed by atoms with Crippen molar-refractivity contribution in [1.82, 2.24) is 0 Å². The SMILES string of the molecule is CC(C)Cc1cc[c]c(C(C)(C)C)c1. The van der Waals surface area contributed by atoms with Crippen molar-refractivity contribution in [2.75, 3.05) is 0 Å². The van der Waals surface area contributed by atoms with Gasteiger partial charge >= 0.3 is 0 Å². The monoisotopic (exact) mass is 189 g/mol. The average Bonchev–Trinajstić information content (AvgIpc) is 2.01. The molecule has 0 spiro atoms. The molecule has 0 heteroatoms. The highest BCUT2D eigenvalue weighted by Crippen LogP contribution is 2.23. The van der Waals surface area contributed by atoms with E-state index >= 15 is 0 Å². The lowest BCUT2D eigenvalue weighted by molar-refractivity contribution is 0.585. The highest BCUT2D eigenvalue weighted by atomic mass is 14.2. The summed E-state index contributed by atoms with van der Waals surface area (Å²) in [7, 11) is 0. The maximum atomic E-state index is 3.32. The maximum Gasteiger partial charge on any atom is -0.0126 e. The van der Waals surface area contributed by atoms with Crippen molar-refractivity contribution in [2.24, 2.45) is 5.92 Å². The first-order valence-corrected chi connectivity index (χ1v) is 5.40. The smallest absolute Gasteiger partial charge is 0.0126 e. The van der Waals surface area contributed by atoms with Crippen LogP contribution in [0.25, 0.3) is 0 Å². The van der Waals surface area contributed by atoms with Crippen molar-refractivity contribution in [1.29, 1.82) is 0 Å². The molecular weight excluding hydrogens is 168 g/mol. The molecule has 0 aliphatic heterocycles. The highest BCUT2D eigenvalue weighted by Gasteiger charge is 2.13. The zero-order chi connectivity index (χ0) is 10.8. The Morgan fingerprint density at radius 3 is 2.43 bits per heavy atom. The molecule has 0 aliphatic rings. The lowest BCUT2D eigenvalue weighted by atomic mass is 9.85. The molecule has 1 rings (SSSR count). The fraction of sp³-hybridized carbons (Fsp3) is 0.571. The molecular formula is C14H21. The van der Waals surface area contributed by atoms with E-state index in [4.69, 9.17) is 0 Å². The summed E-state index contributed by atoms with van der Waals surface area (Å²) >= 11 is 0. The van der Waals surface area contributed by atoms with Crippen molar-refractivity contribution in [3.05, 3.63) is 35.4 Å². The van der Waals surface area contributed by atoms with Crippen LogP contribution in [0.5, 0.6) is 0 Å². The van der Waals surface area contributed by atoms with Crippen LogP contribution >= 0.6 is 0 Å². The Kier molecular flexibility index (Phi) is 3.36. The number of hydrogen-bond acceptors (Lipinski definition) is 0. The molecule has 1 aromatic carbocycles. The van der Waals surface area contributed by atoms with Crippen molar-refractivity contribution in [3.63, 3.8) is 0 Å². The second kappa shape index (κ2) is 4.16. The Hall–Kier alpha value is -0.780. The predicted octanol–water partition coefficient (Wildman–Crippen LogP) is 3.98. The summed E-state index contributed by atoms with van der Waals surface area (Å²) in [5.41, 5.74) is 2.96.